The highest BCUT2D eigenvalue weighted by molar-refractivity contribution is 7.17. The van der Waals surface area contributed by atoms with Crippen molar-refractivity contribution in [3.05, 3.63) is 57.3 Å². The summed E-state index contributed by atoms with van der Waals surface area (Å²) in [5, 5.41) is 9.20. The van der Waals surface area contributed by atoms with Crippen molar-refractivity contribution in [2.45, 2.75) is 26.7 Å². The number of thiophene rings is 2. The number of aromatic carboxylic acids is 1. The van der Waals surface area contributed by atoms with Gasteiger partial charge in [0.2, 0.25) is 0 Å². The average Bonchev–Trinajstić information content (AvgIpc) is 3.29. The molecule has 0 saturated carbocycles. The van der Waals surface area contributed by atoms with E-state index in [0.717, 1.165) is 44.9 Å². The highest BCUT2D eigenvalue weighted by Crippen LogP contribution is 2.38. The molecule has 0 fully saturated rings. The Bertz CT molecular complexity index is 909. The maximum Gasteiger partial charge on any atom is 0.345 e. The van der Waals surface area contributed by atoms with Crippen molar-refractivity contribution < 1.29 is 14.7 Å². The summed E-state index contributed by atoms with van der Waals surface area (Å²) >= 11 is 2.81. The summed E-state index contributed by atoms with van der Waals surface area (Å²) in [5.74, 6) is -0.885. The number of hydrogen-bond donors (Lipinski definition) is 1. The van der Waals surface area contributed by atoms with E-state index in [1.807, 2.05) is 18.2 Å². The molecule has 2 aromatic heterocycles. The Morgan fingerprint density at radius 3 is 2.12 bits per heavy atom. The Labute approximate surface area is 154 Å². The van der Waals surface area contributed by atoms with E-state index < -0.39 is 5.97 Å². The minimum absolute atomic E-state index is 0.358. The number of carbonyl (C=O) groups is 2. The summed E-state index contributed by atoms with van der Waals surface area (Å²) in [6.07, 6.45) is 2.61. The van der Waals surface area contributed by atoms with Gasteiger partial charge in [-0.25, -0.2) is 4.79 Å². The zero-order valence-electron chi connectivity index (χ0n) is 14.0. The Morgan fingerprint density at radius 1 is 1.00 bits per heavy atom. The maximum atomic E-state index is 11.2. The molecule has 0 unspecified atom stereocenters. The first-order chi connectivity index (χ1) is 12.1. The molecule has 3 nitrogen and oxygen atoms in total. The number of benzene rings is 1. The van der Waals surface area contributed by atoms with Crippen molar-refractivity contribution in [2.75, 3.05) is 0 Å². The number of carboxylic acids is 1. The van der Waals surface area contributed by atoms with Gasteiger partial charge in [-0.15, -0.1) is 22.7 Å². The molecule has 1 aromatic carbocycles. The standard InChI is InChI=1S/C20H18O3S2/c1-3-12-9-14(16-6-5-15(11-21)24-16)10-13(4-2)19(12)17-7-8-18(25-17)20(22)23/h5-11H,3-4H2,1-2H3,(H,22,23). The first kappa shape index (κ1) is 17.6. The van der Waals surface area contributed by atoms with Crippen molar-refractivity contribution in [3.8, 4) is 20.9 Å². The largest absolute Gasteiger partial charge is 0.477 e. The number of aryl methyl sites for hydroxylation is 2. The predicted octanol–water partition coefficient (Wildman–Crippen LogP) is 5.78. The van der Waals surface area contributed by atoms with E-state index in [2.05, 4.69) is 26.0 Å². The molecule has 2 heterocycles. The molecule has 0 spiro atoms. The molecular weight excluding hydrogens is 352 g/mol. The van der Waals surface area contributed by atoms with Gasteiger partial charge in [0.05, 0.1) is 4.88 Å². The number of aldehydes is 1. The SMILES string of the molecule is CCc1cc(-c2ccc(C=O)s2)cc(CC)c1-c1ccc(C(=O)O)s1. The molecule has 0 aliphatic rings. The van der Waals surface area contributed by atoms with E-state index in [9.17, 15) is 14.7 Å². The van der Waals surface area contributed by atoms with E-state index in [1.54, 1.807) is 6.07 Å². The summed E-state index contributed by atoms with van der Waals surface area (Å²) < 4.78 is 0. The van der Waals surface area contributed by atoms with Gasteiger partial charge in [-0.1, -0.05) is 13.8 Å². The molecule has 3 aromatic rings. The lowest BCUT2D eigenvalue weighted by atomic mass is 9.93. The lowest BCUT2D eigenvalue weighted by Crippen LogP contribution is -1.95. The first-order valence-electron chi connectivity index (χ1n) is 8.12. The summed E-state index contributed by atoms with van der Waals surface area (Å²) in [4.78, 5) is 25.3. The number of hydrogen-bond acceptors (Lipinski definition) is 4. The Balaban J connectivity index is 2.15. The van der Waals surface area contributed by atoms with E-state index in [1.165, 1.54) is 33.8 Å². The van der Waals surface area contributed by atoms with E-state index >= 15 is 0 Å². The summed E-state index contributed by atoms with van der Waals surface area (Å²) in [6.45, 7) is 4.22. The fourth-order valence-corrected chi connectivity index (χ4v) is 4.71. The smallest absolute Gasteiger partial charge is 0.345 e. The summed E-state index contributed by atoms with van der Waals surface area (Å²) in [7, 11) is 0. The van der Waals surface area contributed by atoms with Gasteiger partial charge in [0, 0.05) is 9.75 Å². The van der Waals surface area contributed by atoms with Gasteiger partial charge in [0.1, 0.15) is 4.88 Å². The highest BCUT2D eigenvalue weighted by atomic mass is 32.1. The van der Waals surface area contributed by atoms with Gasteiger partial charge in [-0.05, 0) is 71.5 Å². The monoisotopic (exact) mass is 370 g/mol. The van der Waals surface area contributed by atoms with Gasteiger partial charge >= 0.3 is 5.97 Å². The third-order valence-electron chi connectivity index (χ3n) is 4.15. The van der Waals surface area contributed by atoms with Crippen LogP contribution in [0.3, 0.4) is 0 Å². The average molecular weight is 370 g/mol. The lowest BCUT2D eigenvalue weighted by Gasteiger charge is -2.14. The first-order valence-corrected chi connectivity index (χ1v) is 9.75. The van der Waals surface area contributed by atoms with Crippen LogP contribution < -0.4 is 0 Å². The summed E-state index contributed by atoms with van der Waals surface area (Å²) in [5.41, 5.74) is 4.67. The van der Waals surface area contributed by atoms with Crippen LogP contribution in [0.25, 0.3) is 20.9 Å². The van der Waals surface area contributed by atoms with Crippen molar-refractivity contribution in [3.63, 3.8) is 0 Å². The van der Waals surface area contributed by atoms with Crippen LogP contribution in [-0.4, -0.2) is 17.4 Å². The van der Waals surface area contributed by atoms with Gasteiger partial charge in [0.25, 0.3) is 0 Å². The maximum absolute atomic E-state index is 11.2. The zero-order valence-corrected chi connectivity index (χ0v) is 15.7. The third kappa shape index (κ3) is 3.43. The molecule has 128 valence electrons. The van der Waals surface area contributed by atoms with Crippen molar-refractivity contribution >= 4 is 34.9 Å². The molecule has 3 rings (SSSR count). The van der Waals surface area contributed by atoms with Crippen LogP contribution in [0.5, 0.6) is 0 Å². The van der Waals surface area contributed by atoms with Crippen LogP contribution in [0.2, 0.25) is 0 Å². The van der Waals surface area contributed by atoms with Crippen molar-refractivity contribution in [1.29, 1.82) is 0 Å². The number of rotatable bonds is 6. The second-order valence-corrected chi connectivity index (χ2v) is 7.86. The molecule has 1 N–H and O–H groups in total. The molecule has 0 amide bonds. The molecule has 0 aliphatic carbocycles. The van der Waals surface area contributed by atoms with Crippen LogP contribution >= 0.6 is 22.7 Å². The molecule has 0 saturated heterocycles. The normalized spacial score (nSPS) is 10.8. The van der Waals surface area contributed by atoms with Gasteiger partial charge in [0.15, 0.2) is 6.29 Å². The second kappa shape index (κ2) is 7.33. The number of carbonyl (C=O) groups excluding carboxylic acids is 1. The van der Waals surface area contributed by atoms with Crippen LogP contribution in [0.15, 0.2) is 36.4 Å². The fourth-order valence-electron chi connectivity index (χ4n) is 2.94. The quantitative estimate of drug-likeness (QED) is 0.560. The zero-order chi connectivity index (χ0) is 18.0. The molecule has 0 radical (unpaired) electrons. The van der Waals surface area contributed by atoms with Gasteiger partial charge in [-0.2, -0.15) is 0 Å². The van der Waals surface area contributed by atoms with Crippen LogP contribution in [0, 0.1) is 0 Å². The molecular formula is C20H18O3S2. The Hall–Kier alpha value is -2.24. The van der Waals surface area contributed by atoms with Gasteiger partial charge in [-0.3, -0.25) is 4.79 Å². The molecule has 0 aliphatic heterocycles. The second-order valence-electron chi connectivity index (χ2n) is 5.67. The van der Waals surface area contributed by atoms with E-state index in [-0.39, 0.29) is 0 Å². The third-order valence-corrected chi connectivity index (χ3v) is 6.30. The van der Waals surface area contributed by atoms with Crippen LogP contribution in [0.4, 0.5) is 0 Å². The van der Waals surface area contributed by atoms with Crippen LogP contribution in [-0.2, 0) is 12.8 Å². The minimum atomic E-state index is -0.885. The van der Waals surface area contributed by atoms with Crippen molar-refractivity contribution in [1.82, 2.24) is 0 Å². The highest BCUT2D eigenvalue weighted by Gasteiger charge is 2.16. The molecule has 5 heteroatoms. The Morgan fingerprint density at radius 2 is 1.64 bits per heavy atom. The van der Waals surface area contributed by atoms with Crippen molar-refractivity contribution in [2.24, 2.45) is 0 Å². The predicted molar refractivity (Wildman–Crippen MR) is 104 cm³/mol. The molecule has 0 atom stereocenters. The van der Waals surface area contributed by atoms with E-state index in [0.29, 0.717) is 4.88 Å². The molecule has 25 heavy (non-hydrogen) atoms. The minimum Gasteiger partial charge on any atom is -0.477 e. The lowest BCUT2D eigenvalue weighted by molar-refractivity contribution is 0.0702. The van der Waals surface area contributed by atoms with Gasteiger partial charge < -0.3 is 5.11 Å². The number of carboxylic acid groups (broad SMARTS) is 1. The molecule has 0 bridgehead atoms. The van der Waals surface area contributed by atoms with Crippen LogP contribution in [0.1, 0.15) is 44.3 Å². The Kier molecular flexibility index (Phi) is 5.16. The summed E-state index contributed by atoms with van der Waals surface area (Å²) in [6, 6.07) is 11.7. The fraction of sp³-hybridized carbons (Fsp3) is 0.200. The topological polar surface area (TPSA) is 54.4 Å². The van der Waals surface area contributed by atoms with E-state index in [4.69, 9.17) is 0 Å².